The summed E-state index contributed by atoms with van der Waals surface area (Å²) >= 11 is 0. The first-order valence-corrected chi connectivity index (χ1v) is 7.61. The molecule has 2 aromatic rings. The summed E-state index contributed by atoms with van der Waals surface area (Å²) in [6, 6.07) is 7.81. The van der Waals surface area contributed by atoms with Gasteiger partial charge in [0.2, 0.25) is 0 Å². The van der Waals surface area contributed by atoms with Gasteiger partial charge in [-0.25, -0.2) is 4.98 Å². The van der Waals surface area contributed by atoms with Gasteiger partial charge in [0, 0.05) is 37.6 Å². The first-order chi connectivity index (χ1) is 10.6. The maximum atomic E-state index is 12.6. The molecule has 1 aliphatic rings. The summed E-state index contributed by atoms with van der Waals surface area (Å²) in [6.45, 7) is 6.08. The molecule has 0 radical (unpaired) electrons. The zero-order valence-electron chi connectivity index (χ0n) is 13.0. The third-order valence-electron chi connectivity index (χ3n) is 3.83. The van der Waals surface area contributed by atoms with Crippen molar-refractivity contribution < 1.29 is 9.53 Å². The van der Waals surface area contributed by atoms with E-state index in [0.717, 1.165) is 17.7 Å². The average molecular weight is 299 g/mol. The van der Waals surface area contributed by atoms with Crippen molar-refractivity contribution in [1.29, 1.82) is 0 Å². The standard InChI is InChI=1S/C17H21N3O2/c1-13-9-20(10-14(2)22-13)17(21)16-5-3-15(4-6-16)11-19-8-7-18-12-19/h3-8,12-14H,9-11H2,1-2H3. The van der Waals surface area contributed by atoms with Crippen LogP contribution in [0.3, 0.4) is 0 Å². The predicted molar refractivity (Wildman–Crippen MR) is 83.7 cm³/mol. The molecular weight excluding hydrogens is 278 g/mol. The quantitative estimate of drug-likeness (QED) is 0.873. The van der Waals surface area contributed by atoms with E-state index < -0.39 is 0 Å². The van der Waals surface area contributed by atoms with E-state index in [9.17, 15) is 4.79 Å². The van der Waals surface area contributed by atoms with Crippen molar-refractivity contribution in [2.24, 2.45) is 0 Å². The van der Waals surface area contributed by atoms with Crippen molar-refractivity contribution >= 4 is 5.91 Å². The van der Waals surface area contributed by atoms with E-state index in [1.807, 2.05) is 53.8 Å². The number of carbonyl (C=O) groups excluding carboxylic acids is 1. The van der Waals surface area contributed by atoms with Gasteiger partial charge >= 0.3 is 0 Å². The summed E-state index contributed by atoms with van der Waals surface area (Å²) in [6.07, 6.45) is 5.66. The van der Waals surface area contributed by atoms with E-state index in [2.05, 4.69) is 4.98 Å². The van der Waals surface area contributed by atoms with Crippen molar-refractivity contribution in [2.45, 2.75) is 32.6 Å². The minimum atomic E-state index is 0.0798. The fraction of sp³-hybridized carbons (Fsp3) is 0.412. The minimum absolute atomic E-state index is 0.0798. The number of morpholine rings is 1. The van der Waals surface area contributed by atoms with Crippen molar-refractivity contribution in [3.8, 4) is 0 Å². The van der Waals surface area contributed by atoms with Gasteiger partial charge in [-0.2, -0.15) is 0 Å². The van der Waals surface area contributed by atoms with E-state index in [0.29, 0.717) is 13.1 Å². The minimum Gasteiger partial charge on any atom is -0.372 e. The van der Waals surface area contributed by atoms with Crippen LogP contribution in [0.5, 0.6) is 0 Å². The van der Waals surface area contributed by atoms with Crippen molar-refractivity contribution in [3.05, 3.63) is 54.1 Å². The molecule has 2 unspecified atom stereocenters. The maximum absolute atomic E-state index is 12.6. The lowest BCUT2D eigenvalue weighted by Gasteiger charge is -2.35. The highest BCUT2D eigenvalue weighted by Crippen LogP contribution is 2.15. The van der Waals surface area contributed by atoms with E-state index in [-0.39, 0.29) is 18.1 Å². The fourth-order valence-electron chi connectivity index (χ4n) is 2.87. The zero-order valence-corrected chi connectivity index (χ0v) is 13.0. The second-order valence-electron chi connectivity index (χ2n) is 5.90. The molecule has 2 atom stereocenters. The zero-order chi connectivity index (χ0) is 15.5. The van der Waals surface area contributed by atoms with Crippen LogP contribution in [0.1, 0.15) is 29.8 Å². The topological polar surface area (TPSA) is 47.4 Å². The van der Waals surface area contributed by atoms with Crippen LogP contribution < -0.4 is 0 Å². The molecule has 0 aliphatic carbocycles. The van der Waals surface area contributed by atoms with Gasteiger partial charge in [-0.3, -0.25) is 4.79 Å². The summed E-state index contributed by atoms with van der Waals surface area (Å²) in [5, 5.41) is 0. The van der Waals surface area contributed by atoms with Gasteiger partial charge in [0.15, 0.2) is 0 Å². The van der Waals surface area contributed by atoms with E-state index in [1.165, 1.54) is 0 Å². The first-order valence-electron chi connectivity index (χ1n) is 7.61. The Balaban J connectivity index is 1.68. The molecule has 1 aliphatic heterocycles. The van der Waals surface area contributed by atoms with Crippen LogP contribution in [0.25, 0.3) is 0 Å². The Hall–Kier alpha value is -2.14. The number of carbonyl (C=O) groups is 1. The number of aromatic nitrogens is 2. The highest BCUT2D eigenvalue weighted by molar-refractivity contribution is 5.94. The molecule has 0 spiro atoms. The van der Waals surface area contributed by atoms with Crippen molar-refractivity contribution in [1.82, 2.24) is 14.5 Å². The summed E-state index contributed by atoms with van der Waals surface area (Å²) < 4.78 is 7.68. The Morgan fingerprint density at radius 1 is 1.23 bits per heavy atom. The molecule has 0 bridgehead atoms. The molecule has 5 heteroatoms. The molecule has 3 rings (SSSR count). The molecule has 5 nitrogen and oxygen atoms in total. The molecular formula is C17H21N3O2. The van der Waals surface area contributed by atoms with Crippen LogP contribution in [-0.2, 0) is 11.3 Å². The van der Waals surface area contributed by atoms with Gasteiger partial charge in [-0.1, -0.05) is 12.1 Å². The molecule has 1 amide bonds. The van der Waals surface area contributed by atoms with Gasteiger partial charge in [-0.05, 0) is 31.5 Å². The van der Waals surface area contributed by atoms with Crippen LogP contribution in [0.2, 0.25) is 0 Å². The maximum Gasteiger partial charge on any atom is 0.254 e. The summed E-state index contributed by atoms with van der Waals surface area (Å²) in [4.78, 5) is 18.5. The molecule has 1 fully saturated rings. The summed E-state index contributed by atoms with van der Waals surface area (Å²) in [5.41, 5.74) is 1.88. The lowest BCUT2D eigenvalue weighted by Crippen LogP contribution is -2.48. The first kappa shape index (κ1) is 14.8. The predicted octanol–water partition coefficient (Wildman–Crippen LogP) is 2.18. The molecule has 0 N–H and O–H groups in total. The number of amides is 1. The number of imidazole rings is 1. The number of ether oxygens (including phenoxy) is 1. The Morgan fingerprint density at radius 2 is 1.91 bits per heavy atom. The molecule has 116 valence electrons. The lowest BCUT2D eigenvalue weighted by molar-refractivity contribution is -0.0586. The monoisotopic (exact) mass is 299 g/mol. The van der Waals surface area contributed by atoms with Gasteiger partial charge in [0.25, 0.3) is 5.91 Å². The fourth-order valence-corrected chi connectivity index (χ4v) is 2.87. The van der Waals surface area contributed by atoms with E-state index in [1.54, 1.807) is 12.5 Å². The van der Waals surface area contributed by atoms with Crippen molar-refractivity contribution in [3.63, 3.8) is 0 Å². The molecule has 22 heavy (non-hydrogen) atoms. The molecule has 1 aromatic heterocycles. The van der Waals surface area contributed by atoms with Crippen LogP contribution >= 0.6 is 0 Å². The number of benzene rings is 1. The molecule has 1 aromatic carbocycles. The highest BCUT2D eigenvalue weighted by atomic mass is 16.5. The average Bonchev–Trinajstić information content (AvgIpc) is 2.99. The summed E-state index contributed by atoms with van der Waals surface area (Å²) in [5.74, 6) is 0.0798. The van der Waals surface area contributed by atoms with E-state index >= 15 is 0 Å². The Kier molecular flexibility index (Phi) is 4.24. The SMILES string of the molecule is CC1CN(C(=O)c2ccc(Cn3ccnc3)cc2)CC(C)O1. The molecule has 1 saturated heterocycles. The number of nitrogens with zero attached hydrogens (tertiary/aromatic N) is 3. The molecule has 0 saturated carbocycles. The van der Waals surface area contributed by atoms with Crippen LogP contribution in [0.15, 0.2) is 43.0 Å². The van der Waals surface area contributed by atoms with Crippen LogP contribution in [0.4, 0.5) is 0 Å². The second-order valence-corrected chi connectivity index (χ2v) is 5.90. The molecule has 2 heterocycles. The third-order valence-corrected chi connectivity index (χ3v) is 3.83. The highest BCUT2D eigenvalue weighted by Gasteiger charge is 2.26. The van der Waals surface area contributed by atoms with E-state index in [4.69, 9.17) is 4.74 Å². The second kappa shape index (κ2) is 6.32. The normalized spacial score (nSPS) is 21.8. The van der Waals surface area contributed by atoms with Gasteiger partial charge < -0.3 is 14.2 Å². The Labute approximate surface area is 130 Å². The van der Waals surface area contributed by atoms with Crippen LogP contribution in [0, 0.1) is 0 Å². The smallest absolute Gasteiger partial charge is 0.254 e. The Morgan fingerprint density at radius 3 is 2.50 bits per heavy atom. The third kappa shape index (κ3) is 3.36. The lowest BCUT2D eigenvalue weighted by atomic mass is 10.1. The number of hydrogen-bond acceptors (Lipinski definition) is 3. The number of hydrogen-bond donors (Lipinski definition) is 0. The van der Waals surface area contributed by atoms with Gasteiger partial charge in [0.1, 0.15) is 0 Å². The van der Waals surface area contributed by atoms with Gasteiger partial charge in [0.05, 0.1) is 18.5 Å². The summed E-state index contributed by atoms with van der Waals surface area (Å²) in [7, 11) is 0. The van der Waals surface area contributed by atoms with Crippen molar-refractivity contribution in [2.75, 3.05) is 13.1 Å². The van der Waals surface area contributed by atoms with Crippen LogP contribution in [-0.4, -0.2) is 45.7 Å². The van der Waals surface area contributed by atoms with Gasteiger partial charge in [-0.15, -0.1) is 0 Å². The largest absolute Gasteiger partial charge is 0.372 e. The Bertz CT molecular complexity index is 612. The number of rotatable bonds is 3.